The first kappa shape index (κ1) is 7.95. The summed E-state index contributed by atoms with van der Waals surface area (Å²) in [4.78, 5) is 0. The summed E-state index contributed by atoms with van der Waals surface area (Å²) in [7, 11) is -2.25. The smallest absolute Gasteiger partial charge is 0.0438 e. The second-order valence-corrected chi connectivity index (χ2v) is 4.74. The summed E-state index contributed by atoms with van der Waals surface area (Å²) in [5.41, 5.74) is 0. The fourth-order valence-corrected chi connectivity index (χ4v) is 0.954. The van der Waals surface area contributed by atoms with E-state index in [1.165, 1.54) is 6.26 Å². The van der Waals surface area contributed by atoms with Crippen molar-refractivity contribution in [2.24, 2.45) is 0 Å². The second kappa shape index (κ2) is 2.49. The third-order valence-electron chi connectivity index (χ3n) is 1.34. The SMILES string of the molecule is CCC(C)S(C)(=N)=O. The summed E-state index contributed by atoms with van der Waals surface area (Å²) in [6, 6.07) is 0. The van der Waals surface area contributed by atoms with Crippen molar-refractivity contribution in [3.8, 4) is 0 Å². The lowest BCUT2D eigenvalue weighted by atomic mass is 10.4. The highest BCUT2D eigenvalue weighted by Gasteiger charge is 2.06. The van der Waals surface area contributed by atoms with Crippen LogP contribution in [0.5, 0.6) is 0 Å². The van der Waals surface area contributed by atoms with Crippen LogP contribution in [0.4, 0.5) is 0 Å². The molecule has 0 aromatic rings. The summed E-state index contributed by atoms with van der Waals surface area (Å²) in [5, 5.41) is 0.0440. The molecule has 0 rings (SSSR count). The standard InChI is InChI=1S/C5H13NOS/c1-4-5(2)8(3,6)7/h5-6H,4H2,1-3H3. The van der Waals surface area contributed by atoms with Gasteiger partial charge in [0.15, 0.2) is 0 Å². The maximum absolute atomic E-state index is 10.8. The van der Waals surface area contributed by atoms with Crippen LogP contribution in [0.25, 0.3) is 0 Å². The highest BCUT2D eigenvalue weighted by atomic mass is 32.2. The topological polar surface area (TPSA) is 40.9 Å². The van der Waals surface area contributed by atoms with Crippen LogP contribution in [0.15, 0.2) is 0 Å². The molecule has 0 saturated carbocycles. The first-order valence-corrected chi connectivity index (χ1v) is 4.74. The van der Waals surface area contributed by atoms with Gasteiger partial charge in [-0.2, -0.15) is 0 Å². The van der Waals surface area contributed by atoms with Crippen LogP contribution in [-0.2, 0) is 9.73 Å². The van der Waals surface area contributed by atoms with Crippen molar-refractivity contribution in [2.45, 2.75) is 25.5 Å². The Kier molecular flexibility index (Phi) is 2.47. The fourth-order valence-electron chi connectivity index (χ4n) is 0.318. The zero-order valence-corrected chi connectivity index (χ0v) is 6.42. The van der Waals surface area contributed by atoms with Gasteiger partial charge in [0.25, 0.3) is 0 Å². The van der Waals surface area contributed by atoms with Gasteiger partial charge in [-0.05, 0) is 13.3 Å². The van der Waals surface area contributed by atoms with Gasteiger partial charge in [0.05, 0.1) is 0 Å². The molecule has 0 aliphatic carbocycles. The van der Waals surface area contributed by atoms with Crippen LogP contribution < -0.4 is 0 Å². The highest BCUT2D eigenvalue weighted by Crippen LogP contribution is 2.01. The van der Waals surface area contributed by atoms with E-state index in [4.69, 9.17) is 4.78 Å². The zero-order chi connectivity index (χ0) is 6.78. The summed E-state index contributed by atoms with van der Waals surface area (Å²) < 4.78 is 17.9. The molecule has 8 heavy (non-hydrogen) atoms. The van der Waals surface area contributed by atoms with E-state index in [9.17, 15) is 4.21 Å². The van der Waals surface area contributed by atoms with Gasteiger partial charge in [0, 0.05) is 21.2 Å². The van der Waals surface area contributed by atoms with Gasteiger partial charge in [-0.25, -0.2) is 4.21 Å². The van der Waals surface area contributed by atoms with Crippen LogP contribution in [0.2, 0.25) is 0 Å². The monoisotopic (exact) mass is 135 g/mol. The van der Waals surface area contributed by atoms with Gasteiger partial charge < -0.3 is 0 Å². The molecule has 0 aliphatic rings. The Morgan fingerprint density at radius 2 is 2.12 bits per heavy atom. The van der Waals surface area contributed by atoms with Gasteiger partial charge in [0.1, 0.15) is 0 Å². The normalized spacial score (nSPS) is 21.9. The summed E-state index contributed by atoms with van der Waals surface area (Å²) in [6.07, 6.45) is 2.32. The van der Waals surface area contributed by atoms with Crippen LogP contribution in [-0.4, -0.2) is 15.7 Å². The summed E-state index contributed by atoms with van der Waals surface area (Å²) in [6.45, 7) is 3.79. The molecule has 0 bridgehead atoms. The Bertz CT molecular complexity index is 148. The Hall–Kier alpha value is -0.0500. The average Bonchev–Trinajstić information content (AvgIpc) is 1.62. The maximum Gasteiger partial charge on any atom is 0.0438 e. The van der Waals surface area contributed by atoms with E-state index < -0.39 is 9.73 Å². The minimum atomic E-state index is -2.25. The Morgan fingerprint density at radius 1 is 1.75 bits per heavy atom. The fraction of sp³-hybridized carbons (Fsp3) is 1.00. The van der Waals surface area contributed by atoms with Crippen LogP contribution >= 0.6 is 0 Å². The maximum atomic E-state index is 10.8. The number of nitrogens with one attached hydrogen (secondary N) is 1. The average molecular weight is 135 g/mol. The quantitative estimate of drug-likeness (QED) is 0.612. The third-order valence-corrected chi connectivity index (χ3v) is 3.21. The molecule has 1 N–H and O–H groups in total. The van der Waals surface area contributed by atoms with Crippen molar-refractivity contribution in [3.05, 3.63) is 0 Å². The second-order valence-electron chi connectivity index (χ2n) is 2.12. The lowest BCUT2D eigenvalue weighted by Gasteiger charge is -2.06. The van der Waals surface area contributed by atoms with Gasteiger partial charge >= 0.3 is 0 Å². The van der Waals surface area contributed by atoms with Crippen LogP contribution in [0.3, 0.4) is 0 Å². The summed E-state index contributed by atoms with van der Waals surface area (Å²) in [5.74, 6) is 0. The first-order valence-electron chi connectivity index (χ1n) is 2.71. The Balaban J connectivity index is 4.04. The molecule has 0 fully saturated rings. The highest BCUT2D eigenvalue weighted by molar-refractivity contribution is 7.92. The first-order chi connectivity index (χ1) is 3.48. The van der Waals surface area contributed by atoms with Crippen molar-refractivity contribution < 1.29 is 4.21 Å². The van der Waals surface area contributed by atoms with Crippen molar-refractivity contribution >= 4 is 9.73 Å². The van der Waals surface area contributed by atoms with E-state index in [1.54, 1.807) is 0 Å². The minimum Gasteiger partial charge on any atom is -0.253 e. The van der Waals surface area contributed by atoms with Gasteiger partial charge in [-0.3, -0.25) is 4.78 Å². The van der Waals surface area contributed by atoms with E-state index in [1.807, 2.05) is 13.8 Å². The lowest BCUT2D eigenvalue weighted by Crippen LogP contribution is -2.12. The van der Waals surface area contributed by atoms with Crippen LogP contribution in [0.1, 0.15) is 20.3 Å². The molecule has 0 aromatic carbocycles. The Morgan fingerprint density at radius 3 is 2.12 bits per heavy atom. The molecule has 2 nitrogen and oxygen atoms in total. The largest absolute Gasteiger partial charge is 0.253 e. The minimum absolute atomic E-state index is 0.0440. The van der Waals surface area contributed by atoms with Gasteiger partial charge in [-0.15, -0.1) is 0 Å². The lowest BCUT2D eigenvalue weighted by molar-refractivity contribution is 0.665. The van der Waals surface area contributed by atoms with Gasteiger partial charge in [0.2, 0.25) is 0 Å². The van der Waals surface area contributed by atoms with E-state index in [-0.39, 0.29) is 5.25 Å². The van der Waals surface area contributed by atoms with Crippen molar-refractivity contribution in [1.82, 2.24) is 0 Å². The molecule has 0 amide bonds. The summed E-state index contributed by atoms with van der Waals surface area (Å²) >= 11 is 0. The van der Waals surface area contributed by atoms with E-state index in [0.29, 0.717) is 0 Å². The molecule has 0 spiro atoms. The third kappa shape index (κ3) is 2.31. The molecule has 2 unspecified atom stereocenters. The molecule has 0 aliphatic heterocycles. The molecule has 0 aromatic heterocycles. The predicted octanol–water partition coefficient (Wildman–Crippen LogP) is 1.46. The van der Waals surface area contributed by atoms with Crippen LogP contribution in [0, 0.1) is 4.78 Å². The molecule has 2 atom stereocenters. The van der Waals surface area contributed by atoms with Crippen molar-refractivity contribution in [1.29, 1.82) is 4.78 Å². The number of rotatable bonds is 2. The molecule has 0 heterocycles. The zero-order valence-electron chi connectivity index (χ0n) is 5.60. The van der Waals surface area contributed by atoms with Crippen molar-refractivity contribution in [3.63, 3.8) is 0 Å². The molecule has 0 radical (unpaired) electrons. The predicted molar refractivity (Wildman–Crippen MR) is 36.5 cm³/mol. The molecule has 3 heteroatoms. The molecule has 50 valence electrons. The van der Waals surface area contributed by atoms with Crippen molar-refractivity contribution in [2.75, 3.05) is 6.26 Å². The number of hydrogen-bond acceptors (Lipinski definition) is 2. The van der Waals surface area contributed by atoms with E-state index >= 15 is 0 Å². The molecular formula is C5H13NOS. The molecular weight excluding hydrogens is 122 g/mol. The van der Waals surface area contributed by atoms with E-state index in [0.717, 1.165) is 6.42 Å². The molecule has 0 saturated heterocycles. The number of hydrogen-bond donors (Lipinski definition) is 1. The van der Waals surface area contributed by atoms with E-state index in [2.05, 4.69) is 0 Å². The van der Waals surface area contributed by atoms with Gasteiger partial charge in [-0.1, -0.05) is 6.92 Å². The Labute approximate surface area is 51.3 Å².